The van der Waals surface area contributed by atoms with Crippen LogP contribution < -0.4 is 10.6 Å². The van der Waals surface area contributed by atoms with Gasteiger partial charge in [0.1, 0.15) is 0 Å². The summed E-state index contributed by atoms with van der Waals surface area (Å²) in [4.78, 5) is 10.7. The van der Waals surface area contributed by atoms with Gasteiger partial charge in [-0.25, -0.2) is 0 Å². The Hall–Kier alpha value is -2.05. The van der Waals surface area contributed by atoms with Crippen LogP contribution in [-0.2, 0) is 11.2 Å². The van der Waals surface area contributed by atoms with E-state index >= 15 is 0 Å². The second-order valence-corrected chi connectivity index (χ2v) is 7.83. The molecule has 1 aromatic carbocycles. The molecule has 1 aliphatic heterocycles. The van der Waals surface area contributed by atoms with Gasteiger partial charge in [0.05, 0.1) is 0 Å². The fourth-order valence-corrected chi connectivity index (χ4v) is 4.05. The van der Waals surface area contributed by atoms with Crippen LogP contribution in [0.1, 0.15) is 38.2 Å². The minimum absolute atomic E-state index is 0.514. The van der Waals surface area contributed by atoms with Crippen LogP contribution in [0, 0.1) is 0 Å². The van der Waals surface area contributed by atoms with Crippen molar-refractivity contribution < 1.29 is 4.74 Å². The van der Waals surface area contributed by atoms with E-state index in [1.165, 1.54) is 29.3 Å². The summed E-state index contributed by atoms with van der Waals surface area (Å²) >= 11 is 0. The van der Waals surface area contributed by atoms with Gasteiger partial charge in [0.25, 0.3) is 0 Å². The maximum Gasteiger partial charge on any atom is 0.191 e. The highest BCUT2D eigenvalue weighted by atomic mass is 16.5. The first-order valence-electron chi connectivity index (χ1n) is 11.1. The van der Waals surface area contributed by atoms with Gasteiger partial charge >= 0.3 is 0 Å². The number of hydrogen-bond acceptors (Lipinski definition) is 3. The van der Waals surface area contributed by atoms with Crippen molar-refractivity contribution in [2.45, 2.75) is 45.1 Å². The van der Waals surface area contributed by atoms with Gasteiger partial charge in [-0.2, -0.15) is 0 Å². The summed E-state index contributed by atoms with van der Waals surface area (Å²) in [5.41, 5.74) is 2.60. The van der Waals surface area contributed by atoms with E-state index < -0.39 is 0 Å². The molecule has 6 heteroatoms. The molecule has 1 aliphatic rings. The molecular formula is C23H37N5O. The molecular weight excluding hydrogens is 362 g/mol. The summed E-state index contributed by atoms with van der Waals surface area (Å²) in [6.45, 7) is 8.16. The molecule has 1 aromatic heterocycles. The molecule has 0 saturated carbocycles. The van der Waals surface area contributed by atoms with Crippen molar-refractivity contribution >= 4 is 16.9 Å². The fourth-order valence-electron chi connectivity index (χ4n) is 4.05. The van der Waals surface area contributed by atoms with Gasteiger partial charge in [-0.05, 0) is 50.7 Å². The smallest absolute Gasteiger partial charge is 0.191 e. The molecule has 2 heterocycles. The molecule has 1 fully saturated rings. The minimum Gasteiger partial charge on any atom is -0.385 e. The van der Waals surface area contributed by atoms with E-state index in [1.54, 1.807) is 7.11 Å². The molecule has 0 radical (unpaired) electrons. The van der Waals surface area contributed by atoms with Gasteiger partial charge in [0.2, 0.25) is 0 Å². The van der Waals surface area contributed by atoms with Gasteiger partial charge in [-0.15, -0.1) is 0 Å². The Labute approximate surface area is 175 Å². The maximum absolute atomic E-state index is 5.16. The molecule has 0 amide bonds. The first kappa shape index (κ1) is 21.7. The summed E-state index contributed by atoms with van der Waals surface area (Å²) in [6.07, 6.45) is 7.70. The highest BCUT2D eigenvalue weighted by molar-refractivity contribution is 5.83. The first-order valence-corrected chi connectivity index (χ1v) is 11.1. The van der Waals surface area contributed by atoms with Crippen molar-refractivity contribution in [1.82, 2.24) is 20.5 Å². The Kier molecular flexibility index (Phi) is 8.83. The number of guanidine groups is 1. The van der Waals surface area contributed by atoms with E-state index in [0.717, 1.165) is 64.6 Å². The number of ether oxygens (including phenoxy) is 1. The summed E-state index contributed by atoms with van der Waals surface area (Å²) in [6, 6.07) is 9.02. The number of piperidine rings is 1. The highest BCUT2D eigenvalue weighted by Crippen LogP contribution is 2.18. The van der Waals surface area contributed by atoms with Crippen molar-refractivity contribution in [1.29, 1.82) is 0 Å². The number of likely N-dealkylation sites (tertiary alicyclic amines) is 1. The zero-order chi connectivity index (χ0) is 20.3. The van der Waals surface area contributed by atoms with Gasteiger partial charge in [0.15, 0.2) is 5.96 Å². The van der Waals surface area contributed by atoms with Crippen LogP contribution in [0.4, 0.5) is 0 Å². The lowest BCUT2D eigenvalue weighted by molar-refractivity contribution is 0.155. The number of rotatable bonds is 10. The second kappa shape index (κ2) is 11.8. The molecule has 0 bridgehead atoms. The minimum atomic E-state index is 0.514. The van der Waals surface area contributed by atoms with Gasteiger partial charge in [0, 0.05) is 69.6 Å². The molecule has 160 valence electrons. The molecule has 0 spiro atoms. The van der Waals surface area contributed by atoms with E-state index in [2.05, 4.69) is 57.9 Å². The number of aromatic amines is 1. The summed E-state index contributed by atoms with van der Waals surface area (Å²) in [5, 5.41) is 8.39. The SMILES string of the molecule is CCNC(=NCCCc1c[nH]c2ccccc12)NC1CCN(CCCOC)CC1. The molecule has 0 atom stereocenters. The molecule has 1 saturated heterocycles. The lowest BCUT2D eigenvalue weighted by atomic mass is 10.1. The van der Waals surface area contributed by atoms with E-state index in [1.807, 2.05) is 0 Å². The molecule has 2 aromatic rings. The molecule has 3 rings (SSSR count). The summed E-state index contributed by atoms with van der Waals surface area (Å²) < 4.78 is 5.16. The van der Waals surface area contributed by atoms with Crippen LogP contribution in [0.25, 0.3) is 10.9 Å². The van der Waals surface area contributed by atoms with Crippen LogP contribution in [0.2, 0.25) is 0 Å². The number of benzene rings is 1. The molecule has 6 nitrogen and oxygen atoms in total. The number of hydrogen-bond donors (Lipinski definition) is 3. The zero-order valence-corrected chi connectivity index (χ0v) is 18.0. The largest absolute Gasteiger partial charge is 0.385 e. The number of nitrogens with zero attached hydrogens (tertiary/aromatic N) is 2. The monoisotopic (exact) mass is 399 g/mol. The highest BCUT2D eigenvalue weighted by Gasteiger charge is 2.19. The predicted molar refractivity (Wildman–Crippen MR) is 122 cm³/mol. The normalized spacial score (nSPS) is 16.4. The molecule has 29 heavy (non-hydrogen) atoms. The van der Waals surface area contributed by atoms with E-state index in [9.17, 15) is 0 Å². The molecule has 0 aliphatic carbocycles. The third-order valence-electron chi connectivity index (χ3n) is 5.64. The van der Waals surface area contributed by atoms with Crippen molar-refractivity contribution in [3.63, 3.8) is 0 Å². The molecule has 3 N–H and O–H groups in total. The third-order valence-corrected chi connectivity index (χ3v) is 5.64. The van der Waals surface area contributed by atoms with Gasteiger partial charge in [-0.1, -0.05) is 18.2 Å². The quantitative estimate of drug-likeness (QED) is 0.326. The van der Waals surface area contributed by atoms with E-state index in [0.29, 0.717) is 6.04 Å². The lowest BCUT2D eigenvalue weighted by Crippen LogP contribution is -2.48. The maximum atomic E-state index is 5.16. The van der Waals surface area contributed by atoms with Crippen molar-refractivity contribution in [3.8, 4) is 0 Å². The van der Waals surface area contributed by atoms with Crippen molar-refractivity contribution in [2.75, 3.05) is 46.4 Å². The Balaban J connectivity index is 1.41. The number of aryl methyl sites for hydroxylation is 1. The van der Waals surface area contributed by atoms with Crippen LogP contribution in [0.3, 0.4) is 0 Å². The Bertz CT molecular complexity index is 749. The summed E-state index contributed by atoms with van der Waals surface area (Å²) in [5.74, 6) is 0.962. The third kappa shape index (κ3) is 6.75. The van der Waals surface area contributed by atoms with E-state index in [-0.39, 0.29) is 0 Å². The van der Waals surface area contributed by atoms with Crippen molar-refractivity contribution in [2.24, 2.45) is 4.99 Å². The molecule has 0 unspecified atom stereocenters. The number of fused-ring (bicyclic) bond motifs is 1. The number of H-pyrrole nitrogens is 1. The van der Waals surface area contributed by atoms with Crippen LogP contribution in [-0.4, -0.2) is 68.3 Å². The Morgan fingerprint density at radius 3 is 2.86 bits per heavy atom. The number of aromatic nitrogens is 1. The van der Waals surface area contributed by atoms with Crippen molar-refractivity contribution in [3.05, 3.63) is 36.0 Å². The number of nitrogens with one attached hydrogen (secondary N) is 3. The number of aliphatic imine (C=N–C) groups is 1. The van der Waals surface area contributed by atoms with Crippen LogP contribution in [0.5, 0.6) is 0 Å². The standard InChI is InChI=1S/C23H37N5O/c1-3-24-23(27-20-11-15-28(16-12-20)14-7-17-29-2)25-13-6-8-19-18-26-22-10-5-4-9-21(19)22/h4-5,9-10,18,20,26H,3,6-8,11-17H2,1-2H3,(H2,24,25,27). The number of para-hydroxylation sites is 1. The zero-order valence-electron chi connectivity index (χ0n) is 18.0. The van der Waals surface area contributed by atoms with Gasteiger partial charge < -0.3 is 25.3 Å². The second-order valence-electron chi connectivity index (χ2n) is 7.83. The van der Waals surface area contributed by atoms with E-state index in [4.69, 9.17) is 9.73 Å². The van der Waals surface area contributed by atoms with Crippen LogP contribution in [0.15, 0.2) is 35.5 Å². The summed E-state index contributed by atoms with van der Waals surface area (Å²) in [7, 11) is 1.78. The Morgan fingerprint density at radius 2 is 2.07 bits per heavy atom. The predicted octanol–water partition coefficient (Wildman–Crippen LogP) is 3.16. The topological polar surface area (TPSA) is 64.7 Å². The van der Waals surface area contributed by atoms with Gasteiger partial charge in [-0.3, -0.25) is 4.99 Å². The Morgan fingerprint density at radius 1 is 1.24 bits per heavy atom. The fraction of sp³-hybridized carbons (Fsp3) is 0.609. The van der Waals surface area contributed by atoms with Crippen LogP contribution >= 0.6 is 0 Å². The average molecular weight is 400 g/mol. The average Bonchev–Trinajstić information content (AvgIpc) is 3.16. The first-order chi connectivity index (χ1) is 14.3. The lowest BCUT2D eigenvalue weighted by Gasteiger charge is -2.33. The number of methoxy groups -OCH3 is 1.